The minimum atomic E-state index is -0.377. The molecule has 1 fully saturated rings. The smallest absolute Gasteiger partial charge is 0.270 e. The lowest BCUT2D eigenvalue weighted by Crippen LogP contribution is -2.41. The van der Waals surface area contributed by atoms with Gasteiger partial charge in [-0.15, -0.1) is 5.10 Å². The van der Waals surface area contributed by atoms with E-state index in [0.29, 0.717) is 22.8 Å². The largest absolute Gasteiger partial charge is 0.330 e. The number of nitrogens with two attached hydrogens (primary N) is 1. The number of carbonyl (C=O) groups excluding carboxylic acids is 1. The second-order valence-electron chi connectivity index (χ2n) is 9.00. The molecule has 2 aromatic carbocycles. The fraction of sp³-hybridized carbons (Fsp3) is 0.280. The number of hydrogen-bond acceptors (Lipinski definition) is 7. The number of aromatic nitrogens is 6. The first-order chi connectivity index (χ1) is 17.5. The van der Waals surface area contributed by atoms with E-state index >= 15 is 0 Å². The number of carbonyl (C=O) groups is 1. The van der Waals surface area contributed by atoms with Crippen molar-refractivity contribution >= 4 is 23.5 Å². The van der Waals surface area contributed by atoms with Crippen molar-refractivity contribution in [1.29, 1.82) is 0 Å². The molecule has 0 bridgehead atoms. The number of nitrogens with zero attached hydrogens (tertiary/aromatic N) is 5. The molecule has 2 heterocycles. The van der Waals surface area contributed by atoms with Gasteiger partial charge in [-0.05, 0) is 66.8 Å². The van der Waals surface area contributed by atoms with Crippen LogP contribution in [0.2, 0.25) is 5.02 Å². The molecule has 1 saturated carbocycles. The van der Waals surface area contributed by atoms with Crippen LogP contribution in [0.25, 0.3) is 11.3 Å². The van der Waals surface area contributed by atoms with E-state index in [0.717, 1.165) is 36.8 Å². The van der Waals surface area contributed by atoms with E-state index in [-0.39, 0.29) is 28.9 Å². The predicted octanol–water partition coefficient (Wildman–Crippen LogP) is 3.34. The van der Waals surface area contributed by atoms with Gasteiger partial charge in [-0.25, -0.2) is 4.68 Å². The number of aromatic amines is 1. The predicted molar refractivity (Wildman–Crippen MR) is 136 cm³/mol. The van der Waals surface area contributed by atoms with Crippen molar-refractivity contribution in [3.63, 3.8) is 0 Å². The van der Waals surface area contributed by atoms with Crippen LogP contribution in [0.15, 0.2) is 65.5 Å². The van der Waals surface area contributed by atoms with E-state index in [1.165, 1.54) is 6.07 Å². The molecule has 5 rings (SSSR count). The number of anilines is 1. The lowest BCUT2D eigenvalue weighted by molar-refractivity contribution is 0.102. The monoisotopic (exact) mass is 504 g/mol. The summed E-state index contributed by atoms with van der Waals surface area (Å²) in [5.41, 5.74) is 8.79. The van der Waals surface area contributed by atoms with Gasteiger partial charge < -0.3 is 5.73 Å². The first kappa shape index (κ1) is 23.8. The summed E-state index contributed by atoms with van der Waals surface area (Å²) in [5.74, 6) is -0.293. The third-order valence-corrected chi connectivity index (χ3v) is 7.14. The van der Waals surface area contributed by atoms with Crippen molar-refractivity contribution in [2.75, 3.05) is 11.9 Å². The number of tetrazole rings is 1. The topological polar surface area (TPSA) is 144 Å². The van der Waals surface area contributed by atoms with Crippen LogP contribution in [-0.2, 0) is 5.41 Å². The molecule has 4 aromatic rings. The van der Waals surface area contributed by atoms with Gasteiger partial charge in [0.05, 0.1) is 11.7 Å². The number of hydrogen-bond donors (Lipinski definition) is 3. The Kier molecular flexibility index (Phi) is 6.62. The van der Waals surface area contributed by atoms with Crippen LogP contribution < -0.4 is 16.6 Å². The zero-order chi connectivity index (χ0) is 25.1. The third kappa shape index (κ3) is 4.77. The Labute approximate surface area is 211 Å². The van der Waals surface area contributed by atoms with Gasteiger partial charge in [0.25, 0.3) is 17.4 Å². The Morgan fingerprint density at radius 3 is 2.67 bits per heavy atom. The van der Waals surface area contributed by atoms with Gasteiger partial charge in [0.2, 0.25) is 0 Å². The molecule has 2 aromatic heterocycles. The van der Waals surface area contributed by atoms with E-state index in [4.69, 9.17) is 17.3 Å². The fourth-order valence-corrected chi connectivity index (χ4v) is 5.07. The third-order valence-electron chi connectivity index (χ3n) is 6.90. The molecule has 0 saturated heterocycles. The van der Waals surface area contributed by atoms with Gasteiger partial charge in [-0.3, -0.25) is 14.9 Å². The maximum Gasteiger partial charge on any atom is 0.270 e. The molecule has 0 aliphatic heterocycles. The van der Waals surface area contributed by atoms with Crippen LogP contribution in [0.4, 0.5) is 5.95 Å². The Morgan fingerprint density at radius 2 is 1.94 bits per heavy atom. The summed E-state index contributed by atoms with van der Waals surface area (Å²) >= 11 is 6.24. The van der Waals surface area contributed by atoms with Gasteiger partial charge in [0.1, 0.15) is 0 Å². The first-order valence-corrected chi connectivity index (χ1v) is 12.1. The lowest BCUT2D eigenvalue weighted by atomic mass is 9.68. The number of nitrogens with one attached hydrogen (secondary N) is 2. The number of amides is 1. The number of H-pyrrole nitrogens is 1. The van der Waals surface area contributed by atoms with Crippen LogP contribution in [-0.4, -0.2) is 42.9 Å². The van der Waals surface area contributed by atoms with Crippen molar-refractivity contribution in [3.8, 4) is 11.3 Å². The minimum absolute atomic E-state index is 0.0407. The molecular weight excluding hydrogens is 480 g/mol. The van der Waals surface area contributed by atoms with Gasteiger partial charge in [0, 0.05) is 34.2 Å². The molecule has 10 nitrogen and oxygen atoms in total. The number of rotatable bonds is 6. The Balaban J connectivity index is 1.36. The summed E-state index contributed by atoms with van der Waals surface area (Å²) < 4.78 is 1.57. The van der Waals surface area contributed by atoms with E-state index in [1.54, 1.807) is 28.9 Å². The molecule has 184 valence electrons. The van der Waals surface area contributed by atoms with Crippen LogP contribution >= 0.6 is 11.6 Å². The minimum Gasteiger partial charge on any atom is -0.330 e. The maximum absolute atomic E-state index is 12.8. The zero-order valence-electron chi connectivity index (χ0n) is 19.4. The van der Waals surface area contributed by atoms with Crippen molar-refractivity contribution < 1.29 is 4.79 Å². The zero-order valence-corrected chi connectivity index (χ0v) is 20.2. The van der Waals surface area contributed by atoms with Gasteiger partial charge in [-0.2, -0.15) is 10.3 Å². The Hall–Kier alpha value is -3.89. The molecule has 36 heavy (non-hydrogen) atoms. The van der Waals surface area contributed by atoms with E-state index in [2.05, 4.69) is 37.1 Å². The summed E-state index contributed by atoms with van der Waals surface area (Å²) in [4.78, 5) is 25.3. The van der Waals surface area contributed by atoms with Crippen LogP contribution in [0, 0.1) is 0 Å². The summed E-state index contributed by atoms with van der Waals surface area (Å²) in [7, 11) is 0. The fourth-order valence-electron chi connectivity index (χ4n) is 4.88. The van der Waals surface area contributed by atoms with Crippen molar-refractivity contribution in [2.45, 2.75) is 37.1 Å². The Bertz CT molecular complexity index is 1430. The van der Waals surface area contributed by atoms with Crippen molar-refractivity contribution in [3.05, 3.63) is 87.2 Å². The standard InChI is InChI=1S/C25H25ClN8O2/c26-19-6-2-5-18(14-19)25(15-27)11-9-20(10-12-25)34-22(35)8-7-21(31-34)16-3-1-4-17(13-16)23(36)28-24-29-32-33-30-24/h1-8,13-14,20H,9-12,15,27H2,(H2,28,29,30,32,33,36). The van der Waals surface area contributed by atoms with Crippen molar-refractivity contribution in [2.24, 2.45) is 5.73 Å². The first-order valence-electron chi connectivity index (χ1n) is 11.7. The summed E-state index contributed by atoms with van der Waals surface area (Å²) in [5, 5.41) is 21.1. The molecule has 1 amide bonds. The SMILES string of the molecule is NCC1(c2cccc(Cl)c2)CCC(n2nc(-c3cccc(C(=O)Nc4nn[nH]n4)c3)ccc2=O)CC1. The highest BCUT2D eigenvalue weighted by Crippen LogP contribution is 2.42. The van der Waals surface area contributed by atoms with E-state index < -0.39 is 0 Å². The second kappa shape index (κ2) is 10.00. The van der Waals surface area contributed by atoms with Gasteiger partial charge >= 0.3 is 0 Å². The lowest BCUT2D eigenvalue weighted by Gasteiger charge is -2.40. The molecular formula is C25H25ClN8O2. The molecule has 1 aliphatic rings. The summed E-state index contributed by atoms with van der Waals surface area (Å²) in [6.07, 6.45) is 3.21. The molecule has 11 heteroatoms. The normalized spacial score (nSPS) is 19.7. The Morgan fingerprint density at radius 1 is 1.14 bits per heavy atom. The average molecular weight is 505 g/mol. The molecule has 0 spiro atoms. The highest BCUT2D eigenvalue weighted by molar-refractivity contribution is 6.30. The van der Waals surface area contributed by atoms with E-state index in [9.17, 15) is 9.59 Å². The molecule has 0 atom stereocenters. The average Bonchev–Trinajstić information content (AvgIpc) is 3.42. The van der Waals surface area contributed by atoms with Crippen LogP contribution in [0.5, 0.6) is 0 Å². The highest BCUT2D eigenvalue weighted by Gasteiger charge is 2.37. The quantitative estimate of drug-likeness (QED) is 0.365. The highest BCUT2D eigenvalue weighted by atomic mass is 35.5. The molecule has 1 aliphatic carbocycles. The summed E-state index contributed by atoms with van der Waals surface area (Å²) in [6.45, 7) is 0.515. The molecule has 0 unspecified atom stereocenters. The van der Waals surface area contributed by atoms with Gasteiger partial charge in [0.15, 0.2) is 0 Å². The van der Waals surface area contributed by atoms with E-state index in [1.807, 2.05) is 24.3 Å². The maximum atomic E-state index is 12.8. The van der Waals surface area contributed by atoms with Gasteiger partial charge in [-0.1, -0.05) is 41.0 Å². The van der Waals surface area contributed by atoms with Crippen LogP contribution in [0.1, 0.15) is 47.6 Å². The molecule has 4 N–H and O–H groups in total. The number of halogens is 1. The number of benzene rings is 2. The summed E-state index contributed by atoms with van der Waals surface area (Å²) in [6, 6.07) is 18.0. The molecule has 0 radical (unpaired) electrons. The van der Waals surface area contributed by atoms with Crippen molar-refractivity contribution in [1.82, 2.24) is 30.4 Å². The second-order valence-corrected chi connectivity index (χ2v) is 9.43. The van der Waals surface area contributed by atoms with Crippen LogP contribution in [0.3, 0.4) is 0 Å².